The number of hydrogen-bond donors (Lipinski definition) is 1. The molecule has 0 radical (unpaired) electrons. The molecule has 5 rings (SSSR count). The van der Waals surface area contributed by atoms with Gasteiger partial charge in [0.2, 0.25) is 11.6 Å². The lowest BCUT2D eigenvalue weighted by atomic mass is 9.81. The zero-order chi connectivity index (χ0) is 23.8. The molecule has 1 N–H and O–H groups in total. The molecule has 0 fully saturated rings. The summed E-state index contributed by atoms with van der Waals surface area (Å²) in [4.78, 5) is 47.6. The van der Waals surface area contributed by atoms with Gasteiger partial charge in [0.05, 0.1) is 5.56 Å². The number of Topliss-reactive ketones (excluding diaryl/α,β-unsaturated/α-hetero) is 2. The summed E-state index contributed by atoms with van der Waals surface area (Å²) >= 11 is 0. The molecule has 1 aliphatic rings. The van der Waals surface area contributed by atoms with Crippen LogP contribution in [0.25, 0.3) is 33.4 Å². The predicted octanol–water partition coefficient (Wildman–Crippen LogP) is 5.30. The molecule has 1 aliphatic carbocycles. The number of hydrogen-bond acceptors (Lipinski definition) is 5. The van der Waals surface area contributed by atoms with Crippen LogP contribution in [0.4, 0.5) is 0 Å². The second-order valence-corrected chi connectivity index (χ2v) is 7.81. The highest BCUT2D eigenvalue weighted by molar-refractivity contribution is 6.53. The van der Waals surface area contributed by atoms with E-state index in [2.05, 4.69) is 0 Å². The average molecular weight is 448 g/mol. The van der Waals surface area contributed by atoms with Crippen LogP contribution in [0.3, 0.4) is 0 Å². The number of carboxylic acids is 1. The first-order valence-electron chi connectivity index (χ1n) is 10.4. The number of carboxylic acid groups (broad SMARTS) is 1. The molecule has 34 heavy (non-hydrogen) atoms. The van der Waals surface area contributed by atoms with Crippen LogP contribution < -0.4 is 4.74 Å². The molecule has 0 aliphatic heterocycles. The lowest BCUT2D eigenvalue weighted by Gasteiger charge is -2.20. The third kappa shape index (κ3) is 3.57. The highest BCUT2D eigenvalue weighted by Gasteiger charge is 2.31. The van der Waals surface area contributed by atoms with Gasteiger partial charge in [-0.25, -0.2) is 4.79 Å². The van der Waals surface area contributed by atoms with E-state index in [1.54, 1.807) is 66.7 Å². The average Bonchev–Trinajstić information content (AvgIpc) is 2.87. The van der Waals surface area contributed by atoms with Crippen molar-refractivity contribution in [3.05, 3.63) is 102 Å². The molecule has 4 aromatic carbocycles. The Morgan fingerprint density at radius 1 is 0.647 bits per heavy atom. The van der Waals surface area contributed by atoms with Gasteiger partial charge >= 0.3 is 5.97 Å². The van der Waals surface area contributed by atoms with E-state index >= 15 is 0 Å². The molecular formula is C28H16O6. The van der Waals surface area contributed by atoms with Crippen LogP contribution in [0, 0.1) is 0 Å². The molecule has 0 bridgehead atoms. The van der Waals surface area contributed by atoms with E-state index in [0.717, 1.165) is 16.7 Å². The van der Waals surface area contributed by atoms with Crippen molar-refractivity contribution >= 4 is 24.0 Å². The van der Waals surface area contributed by atoms with Crippen molar-refractivity contribution in [1.29, 1.82) is 0 Å². The molecule has 0 spiro atoms. The van der Waals surface area contributed by atoms with Gasteiger partial charge in [0.25, 0.3) is 6.47 Å². The van der Waals surface area contributed by atoms with Gasteiger partial charge in [0.15, 0.2) is 0 Å². The van der Waals surface area contributed by atoms with E-state index in [4.69, 9.17) is 4.74 Å². The molecule has 0 amide bonds. The number of carbonyl (C=O) groups is 4. The van der Waals surface area contributed by atoms with Crippen molar-refractivity contribution in [2.75, 3.05) is 0 Å². The minimum atomic E-state index is -1.03. The Kier molecular flexibility index (Phi) is 5.11. The maximum absolute atomic E-state index is 12.8. The second-order valence-electron chi connectivity index (χ2n) is 7.81. The summed E-state index contributed by atoms with van der Waals surface area (Å²) in [6.07, 6.45) is 0. The highest BCUT2D eigenvalue weighted by atomic mass is 16.5. The number of ether oxygens (including phenoxy) is 1. The predicted molar refractivity (Wildman–Crippen MR) is 125 cm³/mol. The van der Waals surface area contributed by atoms with E-state index in [0.29, 0.717) is 40.0 Å². The summed E-state index contributed by atoms with van der Waals surface area (Å²) in [6.45, 7) is 0.355. The minimum Gasteiger partial charge on any atom is -0.478 e. The van der Waals surface area contributed by atoms with Crippen molar-refractivity contribution in [3.63, 3.8) is 0 Å². The van der Waals surface area contributed by atoms with Crippen molar-refractivity contribution in [3.8, 4) is 39.1 Å². The van der Waals surface area contributed by atoms with E-state index in [-0.39, 0.29) is 5.56 Å². The summed E-state index contributed by atoms with van der Waals surface area (Å²) in [6, 6.07) is 23.8. The normalized spacial score (nSPS) is 12.0. The SMILES string of the molecule is O=COc1cccc(-c2ccc3c(c2)-c2cc(-c4cccc(C(=O)O)c4)ccc2C(=O)C3=O)c1. The quantitative estimate of drug-likeness (QED) is 0.329. The van der Waals surface area contributed by atoms with Crippen LogP contribution in [-0.2, 0) is 4.79 Å². The van der Waals surface area contributed by atoms with Gasteiger partial charge in [-0.2, -0.15) is 0 Å². The van der Waals surface area contributed by atoms with Crippen LogP contribution in [0.2, 0.25) is 0 Å². The fraction of sp³-hybridized carbons (Fsp3) is 0. The van der Waals surface area contributed by atoms with Crippen LogP contribution >= 0.6 is 0 Å². The zero-order valence-corrected chi connectivity index (χ0v) is 17.6. The standard InChI is InChI=1S/C28H16O6/c29-15-34-21-6-2-4-17(12-21)19-8-10-23-25(14-19)24-13-18(7-9-22(24)26(30)27(23)31)16-3-1-5-20(11-16)28(32)33/h1-15H,(H,32,33). The van der Waals surface area contributed by atoms with Gasteiger partial charge in [-0.15, -0.1) is 0 Å². The Bertz CT molecular complexity index is 1520. The second kappa shape index (κ2) is 8.26. The Morgan fingerprint density at radius 3 is 1.74 bits per heavy atom. The topological polar surface area (TPSA) is 97.7 Å². The van der Waals surface area contributed by atoms with E-state index < -0.39 is 17.5 Å². The Hall–Kier alpha value is -4.84. The maximum Gasteiger partial charge on any atom is 0.335 e. The molecule has 4 aromatic rings. The third-order valence-electron chi connectivity index (χ3n) is 5.82. The lowest BCUT2D eigenvalue weighted by molar-refractivity contribution is -0.120. The third-order valence-corrected chi connectivity index (χ3v) is 5.82. The number of ketones is 2. The van der Waals surface area contributed by atoms with Crippen LogP contribution in [-0.4, -0.2) is 29.1 Å². The number of carbonyl (C=O) groups excluding carboxylic acids is 3. The number of aromatic carboxylic acids is 1. The smallest absolute Gasteiger partial charge is 0.335 e. The molecule has 6 heteroatoms. The number of benzene rings is 4. The van der Waals surface area contributed by atoms with Gasteiger partial charge in [0.1, 0.15) is 5.75 Å². The number of rotatable bonds is 5. The fourth-order valence-corrected chi connectivity index (χ4v) is 4.17. The summed E-state index contributed by atoms with van der Waals surface area (Å²) in [7, 11) is 0. The largest absolute Gasteiger partial charge is 0.478 e. The molecule has 0 saturated heterocycles. The van der Waals surface area contributed by atoms with Gasteiger partial charge in [-0.3, -0.25) is 14.4 Å². The maximum atomic E-state index is 12.8. The van der Waals surface area contributed by atoms with Gasteiger partial charge in [0, 0.05) is 11.1 Å². The minimum absolute atomic E-state index is 0.154. The van der Waals surface area contributed by atoms with Gasteiger partial charge in [-0.1, -0.05) is 36.4 Å². The first-order chi connectivity index (χ1) is 16.5. The fourth-order valence-electron chi connectivity index (χ4n) is 4.17. The van der Waals surface area contributed by atoms with Crippen molar-refractivity contribution in [2.24, 2.45) is 0 Å². The van der Waals surface area contributed by atoms with E-state index in [1.165, 1.54) is 6.07 Å². The van der Waals surface area contributed by atoms with Gasteiger partial charge < -0.3 is 9.84 Å². The molecule has 0 unspecified atom stereocenters. The Labute approximate surface area is 194 Å². The van der Waals surface area contributed by atoms with Crippen molar-refractivity contribution < 1.29 is 29.0 Å². The summed E-state index contributed by atoms with van der Waals surface area (Å²) in [5, 5.41) is 9.32. The van der Waals surface area contributed by atoms with Crippen LogP contribution in [0.15, 0.2) is 84.9 Å². The Morgan fingerprint density at radius 2 is 1.18 bits per heavy atom. The first kappa shape index (κ1) is 21.0. The lowest BCUT2D eigenvalue weighted by Crippen LogP contribution is -2.21. The molecule has 0 heterocycles. The summed E-state index contributed by atoms with van der Waals surface area (Å²) in [5.41, 5.74) is 4.92. The van der Waals surface area contributed by atoms with Crippen molar-refractivity contribution in [1.82, 2.24) is 0 Å². The molecule has 0 saturated carbocycles. The molecule has 6 nitrogen and oxygen atoms in total. The molecular weight excluding hydrogens is 432 g/mol. The van der Waals surface area contributed by atoms with Crippen molar-refractivity contribution in [2.45, 2.75) is 0 Å². The molecule has 0 aromatic heterocycles. The first-order valence-corrected chi connectivity index (χ1v) is 10.4. The van der Waals surface area contributed by atoms with Crippen LogP contribution in [0.5, 0.6) is 5.75 Å². The van der Waals surface area contributed by atoms with E-state index in [9.17, 15) is 24.3 Å². The zero-order valence-electron chi connectivity index (χ0n) is 17.6. The summed E-state index contributed by atoms with van der Waals surface area (Å²) < 4.78 is 4.94. The number of fused-ring (bicyclic) bond motifs is 3. The Balaban J connectivity index is 1.67. The molecule has 164 valence electrons. The molecule has 0 atom stereocenters. The van der Waals surface area contributed by atoms with E-state index in [1.807, 2.05) is 12.1 Å². The summed E-state index contributed by atoms with van der Waals surface area (Å²) in [5.74, 6) is -1.80. The van der Waals surface area contributed by atoms with Gasteiger partial charge in [-0.05, 0) is 81.9 Å². The highest BCUT2D eigenvalue weighted by Crippen LogP contribution is 2.39. The monoisotopic (exact) mass is 448 g/mol. The van der Waals surface area contributed by atoms with Crippen LogP contribution in [0.1, 0.15) is 31.1 Å².